The van der Waals surface area contributed by atoms with Crippen LogP contribution in [-0.4, -0.2) is 31.2 Å². The number of hydrogen-bond acceptors (Lipinski definition) is 5. The van der Waals surface area contributed by atoms with Crippen molar-refractivity contribution >= 4 is 15.7 Å². The molecule has 2 heterocycles. The Labute approximate surface area is 164 Å². The molecule has 0 amide bonds. The Balaban J connectivity index is 1.56. The van der Waals surface area contributed by atoms with Crippen molar-refractivity contribution in [1.82, 2.24) is 9.55 Å². The summed E-state index contributed by atoms with van der Waals surface area (Å²) in [5.74, 6) is 2.22. The zero-order valence-corrected chi connectivity index (χ0v) is 16.4. The number of rotatable bonds is 5. The average Bonchev–Trinajstić information content (AvgIpc) is 3.18. The summed E-state index contributed by atoms with van der Waals surface area (Å²) in [7, 11) is -3.74. The van der Waals surface area contributed by atoms with Crippen molar-refractivity contribution in [1.29, 1.82) is 0 Å². The lowest BCUT2D eigenvalue weighted by Gasteiger charge is -2.19. The van der Waals surface area contributed by atoms with Crippen molar-refractivity contribution in [2.45, 2.75) is 24.7 Å². The van der Waals surface area contributed by atoms with Gasteiger partial charge in [-0.25, -0.2) is 13.4 Å². The first-order valence-electron chi connectivity index (χ1n) is 9.00. The monoisotopic (exact) mass is 399 g/mol. The van der Waals surface area contributed by atoms with Crippen molar-refractivity contribution in [3.63, 3.8) is 0 Å². The van der Waals surface area contributed by atoms with Gasteiger partial charge >= 0.3 is 0 Å². The van der Waals surface area contributed by atoms with Crippen LogP contribution in [-0.2, 0) is 10.0 Å². The number of anilines is 1. The first-order chi connectivity index (χ1) is 13.4. The molecule has 0 aliphatic carbocycles. The lowest BCUT2D eigenvalue weighted by Crippen LogP contribution is -2.17. The minimum Gasteiger partial charge on any atom is -0.486 e. The van der Waals surface area contributed by atoms with Crippen LogP contribution in [0.15, 0.2) is 59.8 Å². The molecule has 0 saturated carbocycles. The van der Waals surface area contributed by atoms with E-state index in [1.54, 1.807) is 24.4 Å². The van der Waals surface area contributed by atoms with E-state index in [9.17, 15) is 8.42 Å². The number of sulfonamides is 1. The second kappa shape index (κ2) is 7.20. The van der Waals surface area contributed by atoms with Crippen LogP contribution in [0.5, 0.6) is 11.5 Å². The molecule has 4 rings (SSSR count). The van der Waals surface area contributed by atoms with Gasteiger partial charge in [0.1, 0.15) is 19.0 Å². The van der Waals surface area contributed by atoms with E-state index in [-0.39, 0.29) is 10.8 Å². The van der Waals surface area contributed by atoms with Gasteiger partial charge in [0, 0.05) is 35.8 Å². The van der Waals surface area contributed by atoms with Crippen molar-refractivity contribution in [3.05, 3.63) is 60.7 Å². The van der Waals surface area contributed by atoms with Crippen LogP contribution in [0.3, 0.4) is 0 Å². The lowest BCUT2D eigenvalue weighted by atomic mass is 10.2. The highest BCUT2D eigenvalue weighted by Crippen LogP contribution is 2.32. The van der Waals surface area contributed by atoms with Gasteiger partial charge in [-0.05, 0) is 36.4 Å². The maximum atomic E-state index is 12.7. The number of aromatic nitrogens is 2. The van der Waals surface area contributed by atoms with Crippen LogP contribution >= 0.6 is 0 Å². The Bertz CT molecular complexity index is 1090. The van der Waals surface area contributed by atoms with Crippen LogP contribution in [0.25, 0.3) is 5.69 Å². The first kappa shape index (κ1) is 18.4. The molecule has 0 fully saturated rings. The summed E-state index contributed by atoms with van der Waals surface area (Å²) in [6, 6.07) is 11.8. The normalized spacial score (nSPS) is 13.5. The minimum atomic E-state index is -3.74. The quantitative estimate of drug-likeness (QED) is 0.709. The van der Waals surface area contributed by atoms with Crippen LogP contribution in [0, 0.1) is 0 Å². The molecule has 1 N–H and O–H groups in total. The lowest BCUT2D eigenvalue weighted by molar-refractivity contribution is 0.171. The third-order valence-corrected chi connectivity index (χ3v) is 5.79. The van der Waals surface area contributed by atoms with E-state index in [4.69, 9.17) is 9.47 Å². The van der Waals surface area contributed by atoms with Crippen LogP contribution in [0.4, 0.5) is 5.69 Å². The summed E-state index contributed by atoms with van der Waals surface area (Å²) in [4.78, 5) is 4.50. The zero-order valence-electron chi connectivity index (χ0n) is 15.6. The zero-order chi connectivity index (χ0) is 19.7. The Morgan fingerprint density at radius 3 is 2.46 bits per heavy atom. The number of nitrogens with one attached hydrogen (secondary N) is 1. The van der Waals surface area contributed by atoms with E-state index in [0.29, 0.717) is 30.4 Å². The second-order valence-corrected chi connectivity index (χ2v) is 8.45. The number of nitrogens with zero attached hydrogens (tertiary/aromatic N) is 2. The summed E-state index contributed by atoms with van der Waals surface area (Å²) in [5.41, 5.74) is 1.40. The summed E-state index contributed by atoms with van der Waals surface area (Å²) in [6.07, 6.45) is 3.65. The van der Waals surface area contributed by atoms with Crippen LogP contribution in [0.2, 0.25) is 0 Å². The van der Waals surface area contributed by atoms with Crippen LogP contribution in [0.1, 0.15) is 25.6 Å². The molecule has 8 heteroatoms. The average molecular weight is 399 g/mol. The standard InChI is InChI=1S/C20H21N3O4S/c1-14(2)20-21-9-10-23(20)16-5-3-15(4-6-16)22-28(24,25)17-7-8-18-19(13-17)27-12-11-26-18/h3-10,13-14,22H,11-12H2,1-2H3. The molecule has 0 unspecified atom stereocenters. The van der Waals surface area contributed by atoms with Crippen molar-refractivity contribution in [3.8, 4) is 17.2 Å². The molecule has 0 bridgehead atoms. The predicted molar refractivity (Wildman–Crippen MR) is 106 cm³/mol. The molecule has 0 atom stereocenters. The molecule has 0 radical (unpaired) electrons. The largest absolute Gasteiger partial charge is 0.486 e. The van der Waals surface area contributed by atoms with Crippen molar-refractivity contribution in [2.75, 3.05) is 17.9 Å². The van der Waals surface area contributed by atoms with Crippen molar-refractivity contribution < 1.29 is 17.9 Å². The Hall–Kier alpha value is -3.00. The van der Waals surface area contributed by atoms with Gasteiger partial charge in [0.15, 0.2) is 11.5 Å². The Kier molecular flexibility index (Phi) is 4.72. The molecular weight excluding hydrogens is 378 g/mol. The van der Waals surface area contributed by atoms with Crippen molar-refractivity contribution in [2.24, 2.45) is 0 Å². The first-order valence-corrected chi connectivity index (χ1v) is 10.5. The molecule has 0 saturated heterocycles. The molecule has 7 nitrogen and oxygen atoms in total. The predicted octanol–water partition coefficient (Wildman–Crippen LogP) is 3.57. The van der Waals surface area contributed by atoms with Gasteiger partial charge in [0.05, 0.1) is 4.90 Å². The molecule has 2 aromatic carbocycles. The maximum Gasteiger partial charge on any atom is 0.262 e. The Morgan fingerprint density at radius 2 is 1.75 bits per heavy atom. The van der Waals surface area contributed by atoms with Gasteiger partial charge in [-0.15, -0.1) is 0 Å². The van der Waals surface area contributed by atoms with Gasteiger partial charge in [-0.3, -0.25) is 4.72 Å². The second-order valence-electron chi connectivity index (χ2n) is 6.77. The Morgan fingerprint density at radius 1 is 1.04 bits per heavy atom. The highest BCUT2D eigenvalue weighted by molar-refractivity contribution is 7.92. The smallest absolute Gasteiger partial charge is 0.262 e. The van der Waals surface area contributed by atoms with E-state index < -0.39 is 10.0 Å². The van der Waals surface area contributed by atoms with Gasteiger partial charge in [-0.1, -0.05) is 13.8 Å². The number of hydrogen-bond donors (Lipinski definition) is 1. The number of ether oxygens (including phenoxy) is 2. The fraction of sp³-hybridized carbons (Fsp3) is 0.250. The molecular formula is C20H21N3O4S. The molecule has 1 aliphatic rings. The maximum absolute atomic E-state index is 12.7. The summed E-state index contributed by atoms with van der Waals surface area (Å²) in [6.45, 7) is 5.01. The van der Waals surface area contributed by atoms with E-state index >= 15 is 0 Å². The molecule has 146 valence electrons. The number of benzene rings is 2. The third kappa shape index (κ3) is 3.55. The fourth-order valence-electron chi connectivity index (χ4n) is 3.06. The summed E-state index contributed by atoms with van der Waals surface area (Å²) < 4.78 is 40.9. The number of imidazole rings is 1. The highest BCUT2D eigenvalue weighted by atomic mass is 32.2. The summed E-state index contributed by atoms with van der Waals surface area (Å²) >= 11 is 0. The molecule has 0 spiro atoms. The third-order valence-electron chi connectivity index (χ3n) is 4.41. The SMILES string of the molecule is CC(C)c1nccn1-c1ccc(NS(=O)(=O)c2ccc3c(c2)OCCO3)cc1. The summed E-state index contributed by atoms with van der Waals surface area (Å²) in [5, 5.41) is 0. The fourth-order valence-corrected chi connectivity index (χ4v) is 4.13. The van der Waals surface area contributed by atoms with Gasteiger partial charge in [-0.2, -0.15) is 0 Å². The van der Waals surface area contributed by atoms with Gasteiger partial charge in [0.2, 0.25) is 0 Å². The molecule has 1 aliphatic heterocycles. The van der Waals surface area contributed by atoms with Crippen LogP contribution < -0.4 is 14.2 Å². The topological polar surface area (TPSA) is 82.5 Å². The van der Waals surface area contributed by atoms with Gasteiger partial charge in [0.25, 0.3) is 10.0 Å². The number of fused-ring (bicyclic) bond motifs is 1. The minimum absolute atomic E-state index is 0.123. The molecule has 3 aromatic rings. The van der Waals surface area contributed by atoms with E-state index in [0.717, 1.165) is 11.5 Å². The van der Waals surface area contributed by atoms with E-state index in [1.165, 1.54) is 12.1 Å². The molecule has 28 heavy (non-hydrogen) atoms. The van der Waals surface area contributed by atoms with E-state index in [1.807, 2.05) is 22.9 Å². The van der Waals surface area contributed by atoms with Gasteiger partial charge < -0.3 is 14.0 Å². The highest BCUT2D eigenvalue weighted by Gasteiger charge is 2.19. The van der Waals surface area contributed by atoms with E-state index in [2.05, 4.69) is 23.6 Å². The molecule has 1 aromatic heterocycles.